The molecule has 1 aromatic carbocycles. The predicted octanol–water partition coefficient (Wildman–Crippen LogP) is 2.39. The van der Waals surface area contributed by atoms with E-state index in [0.717, 1.165) is 18.5 Å². The molecule has 6 nitrogen and oxygen atoms in total. The van der Waals surface area contributed by atoms with Gasteiger partial charge in [0.25, 0.3) is 11.8 Å². The summed E-state index contributed by atoms with van der Waals surface area (Å²) in [5.74, 6) is 5.02. The van der Waals surface area contributed by atoms with Gasteiger partial charge in [0.1, 0.15) is 0 Å². The van der Waals surface area contributed by atoms with Crippen LogP contribution in [0, 0.1) is 11.8 Å². The average molecular weight is 336 g/mol. The van der Waals surface area contributed by atoms with Crippen molar-refractivity contribution in [2.24, 2.45) is 0 Å². The summed E-state index contributed by atoms with van der Waals surface area (Å²) < 4.78 is 0. The third kappa shape index (κ3) is 3.89. The van der Waals surface area contributed by atoms with Crippen LogP contribution in [0.3, 0.4) is 0 Å². The van der Waals surface area contributed by atoms with Crippen LogP contribution in [0.2, 0.25) is 0 Å². The number of H-pyrrole nitrogens is 1. The molecule has 1 fully saturated rings. The number of benzene rings is 1. The first-order valence-corrected chi connectivity index (χ1v) is 8.30. The van der Waals surface area contributed by atoms with Gasteiger partial charge in [0.2, 0.25) is 0 Å². The number of aromatic amines is 1. The first-order valence-electron chi connectivity index (χ1n) is 8.30. The number of hydrogen-bond donors (Lipinski definition) is 2. The fourth-order valence-electron chi connectivity index (χ4n) is 3.07. The molecule has 2 heterocycles. The lowest BCUT2D eigenvalue weighted by atomic mass is 9.94. The molecule has 1 unspecified atom stereocenters. The van der Waals surface area contributed by atoms with E-state index in [1.165, 1.54) is 0 Å². The Morgan fingerprint density at radius 2 is 2.12 bits per heavy atom. The molecule has 1 saturated heterocycles. The maximum atomic E-state index is 12.4. The molecule has 0 radical (unpaired) electrons. The number of amides is 2. The number of carbonyl (C=O) groups is 2. The number of rotatable bonds is 3. The first-order chi connectivity index (χ1) is 12.2. The van der Waals surface area contributed by atoms with Crippen molar-refractivity contribution in [2.75, 3.05) is 18.4 Å². The molecule has 1 atom stereocenters. The Bertz CT molecular complexity index is 817. The summed E-state index contributed by atoms with van der Waals surface area (Å²) in [5.41, 5.74) is 2.11. The molecule has 2 N–H and O–H groups in total. The molecule has 1 aliphatic rings. The highest BCUT2D eigenvalue weighted by Gasteiger charge is 2.27. The van der Waals surface area contributed by atoms with Crippen LogP contribution < -0.4 is 5.32 Å². The van der Waals surface area contributed by atoms with Crippen LogP contribution in [0.4, 0.5) is 5.69 Å². The predicted molar refractivity (Wildman–Crippen MR) is 95.0 cm³/mol. The standard InChI is InChI=1S/C19H20N4O2/c1-2-7-17(24)23-11-6-10-15(13-23)18-16(12-20-22-18)21-19(25)14-8-4-3-5-9-14/h3-5,8-9,12,15H,6,10-11,13H2,1H3,(H,20,22)(H,21,25). The number of anilines is 1. The number of nitrogens with one attached hydrogen (secondary N) is 2. The van der Waals surface area contributed by atoms with Crippen molar-refractivity contribution >= 4 is 17.5 Å². The second-order valence-corrected chi connectivity index (χ2v) is 5.98. The summed E-state index contributed by atoms with van der Waals surface area (Å²) in [7, 11) is 0. The normalized spacial score (nSPS) is 16.7. The van der Waals surface area contributed by atoms with Gasteiger partial charge in [-0.15, -0.1) is 0 Å². The summed E-state index contributed by atoms with van der Waals surface area (Å²) in [5, 5.41) is 9.97. The molecule has 0 saturated carbocycles. The average Bonchev–Trinajstić information content (AvgIpc) is 3.11. The van der Waals surface area contributed by atoms with E-state index in [9.17, 15) is 9.59 Å². The summed E-state index contributed by atoms with van der Waals surface area (Å²) in [6.45, 7) is 2.94. The van der Waals surface area contributed by atoms with Crippen LogP contribution in [-0.4, -0.2) is 40.0 Å². The zero-order valence-corrected chi connectivity index (χ0v) is 14.1. The van der Waals surface area contributed by atoms with E-state index in [1.807, 2.05) is 18.2 Å². The minimum Gasteiger partial charge on any atom is -0.331 e. The number of hydrogen-bond acceptors (Lipinski definition) is 3. The van der Waals surface area contributed by atoms with Crippen LogP contribution in [0.5, 0.6) is 0 Å². The molecule has 6 heteroatoms. The van der Waals surface area contributed by atoms with E-state index in [4.69, 9.17) is 0 Å². The molecule has 0 spiro atoms. The Balaban J connectivity index is 1.73. The first kappa shape index (κ1) is 16.8. The lowest BCUT2D eigenvalue weighted by Gasteiger charge is -2.31. The monoisotopic (exact) mass is 336 g/mol. The van der Waals surface area contributed by atoms with Crippen molar-refractivity contribution in [3.8, 4) is 11.8 Å². The van der Waals surface area contributed by atoms with Crippen LogP contribution in [0.25, 0.3) is 0 Å². The Morgan fingerprint density at radius 1 is 1.32 bits per heavy atom. The third-order valence-corrected chi connectivity index (χ3v) is 4.30. The second-order valence-electron chi connectivity index (χ2n) is 5.98. The minimum absolute atomic E-state index is 0.102. The van der Waals surface area contributed by atoms with E-state index >= 15 is 0 Å². The number of piperidine rings is 1. The van der Waals surface area contributed by atoms with E-state index in [-0.39, 0.29) is 17.7 Å². The van der Waals surface area contributed by atoms with Crippen LogP contribution in [-0.2, 0) is 4.79 Å². The van der Waals surface area contributed by atoms with E-state index in [1.54, 1.807) is 30.2 Å². The molecular weight excluding hydrogens is 316 g/mol. The van der Waals surface area contributed by atoms with Crippen molar-refractivity contribution in [2.45, 2.75) is 25.7 Å². The number of nitrogens with zero attached hydrogens (tertiary/aromatic N) is 2. The van der Waals surface area contributed by atoms with Crippen molar-refractivity contribution in [1.29, 1.82) is 0 Å². The van der Waals surface area contributed by atoms with Crippen molar-refractivity contribution in [3.05, 3.63) is 47.8 Å². The summed E-state index contributed by atoms with van der Waals surface area (Å²) in [6.07, 6.45) is 3.44. The topological polar surface area (TPSA) is 78.1 Å². The highest BCUT2D eigenvalue weighted by atomic mass is 16.2. The summed E-state index contributed by atoms with van der Waals surface area (Å²) in [6, 6.07) is 9.04. The maximum absolute atomic E-state index is 12.4. The van der Waals surface area contributed by atoms with E-state index in [2.05, 4.69) is 27.4 Å². The number of aromatic nitrogens is 2. The Kier molecular flexibility index (Phi) is 5.14. The third-order valence-electron chi connectivity index (χ3n) is 4.30. The Morgan fingerprint density at radius 3 is 2.88 bits per heavy atom. The molecule has 2 aromatic rings. The van der Waals surface area contributed by atoms with Gasteiger partial charge < -0.3 is 10.2 Å². The smallest absolute Gasteiger partial charge is 0.298 e. The molecular formula is C19H20N4O2. The van der Waals surface area contributed by atoms with Gasteiger partial charge in [-0.25, -0.2) is 0 Å². The molecule has 0 bridgehead atoms. The molecule has 3 rings (SSSR count). The van der Waals surface area contributed by atoms with Gasteiger partial charge in [0.15, 0.2) is 0 Å². The zero-order chi connectivity index (χ0) is 17.6. The number of carbonyl (C=O) groups excluding carboxylic acids is 2. The quantitative estimate of drug-likeness (QED) is 0.845. The second kappa shape index (κ2) is 7.67. The van der Waals surface area contributed by atoms with Gasteiger partial charge >= 0.3 is 0 Å². The lowest BCUT2D eigenvalue weighted by Crippen LogP contribution is -2.38. The van der Waals surface area contributed by atoms with Crippen molar-refractivity contribution < 1.29 is 9.59 Å². The SMILES string of the molecule is CC#CC(=O)N1CCCC(c2[nH]ncc2NC(=O)c2ccccc2)C1. The molecule has 25 heavy (non-hydrogen) atoms. The Hall–Kier alpha value is -3.07. The molecule has 1 aliphatic heterocycles. The largest absolute Gasteiger partial charge is 0.331 e. The lowest BCUT2D eigenvalue weighted by molar-refractivity contribution is -0.126. The Labute approximate surface area is 146 Å². The zero-order valence-electron chi connectivity index (χ0n) is 14.1. The summed E-state index contributed by atoms with van der Waals surface area (Å²) in [4.78, 5) is 26.1. The maximum Gasteiger partial charge on any atom is 0.298 e. The van der Waals surface area contributed by atoms with Crippen LogP contribution >= 0.6 is 0 Å². The summed E-state index contributed by atoms with van der Waals surface area (Å²) >= 11 is 0. The molecule has 0 aliphatic carbocycles. The van der Waals surface area contributed by atoms with E-state index in [0.29, 0.717) is 24.3 Å². The highest BCUT2D eigenvalue weighted by molar-refractivity contribution is 6.04. The van der Waals surface area contributed by atoms with Crippen LogP contribution in [0.1, 0.15) is 41.7 Å². The van der Waals surface area contributed by atoms with Gasteiger partial charge in [-0.1, -0.05) is 24.1 Å². The highest BCUT2D eigenvalue weighted by Crippen LogP contribution is 2.30. The van der Waals surface area contributed by atoms with Gasteiger partial charge in [-0.2, -0.15) is 5.10 Å². The van der Waals surface area contributed by atoms with Gasteiger partial charge in [-0.3, -0.25) is 14.7 Å². The van der Waals surface area contributed by atoms with E-state index < -0.39 is 0 Å². The van der Waals surface area contributed by atoms with Gasteiger partial charge in [0, 0.05) is 24.6 Å². The van der Waals surface area contributed by atoms with Gasteiger partial charge in [-0.05, 0) is 37.8 Å². The molecule has 128 valence electrons. The minimum atomic E-state index is -0.177. The fraction of sp³-hybridized carbons (Fsp3) is 0.316. The fourth-order valence-corrected chi connectivity index (χ4v) is 3.07. The number of likely N-dealkylation sites (tertiary alicyclic amines) is 1. The van der Waals surface area contributed by atoms with Crippen molar-refractivity contribution in [1.82, 2.24) is 15.1 Å². The molecule has 2 amide bonds. The molecule has 1 aromatic heterocycles. The van der Waals surface area contributed by atoms with Crippen molar-refractivity contribution in [3.63, 3.8) is 0 Å². The van der Waals surface area contributed by atoms with Gasteiger partial charge in [0.05, 0.1) is 17.6 Å². The van der Waals surface area contributed by atoms with Crippen LogP contribution in [0.15, 0.2) is 36.5 Å².